The van der Waals surface area contributed by atoms with E-state index in [1.54, 1.807) is 11.1 Å². The van der Waals surface area contributed by atoms with Crippen molar-refractivity contribution < 1.29 is 9.53 Å². The zero-order valence-corrected chi connectivity index (χ0v) is 11.5. The van der Waals surface area contributed by atoms with Gasteiger partial charge in [-0.25, -0.2) is 0 Å². The van der Waals surface area contributed by atoms with Gasteiger partial charge in [0.2, 0.25) is 0 Å². The standard InChI is InChI=1S/C14H21N3O2/c1-12-4-2-3-5-17(12)11-13(10-15)14(18)16-6-8-19-9-7-16/h11-12H,2-9H2,1H3/b13-11-. The molecule has 2 rings (SSSR count). The van der Waals surface area contributed by atoms with Gasteiger partial charge in [0.05, 0.1) is 13.2 Å². The van der Waals surface area contributed by atoms with Gasteiger partial charge in [0.25, 0.3) is 5.91 Å². The summed E-state index contributed by atoms with van der Waals surface area (Å²) >= 11 is 0. The van der Waals surface area contributed by atoms with E-state index in [2.05, 4.69) is 17.9 Å². The largest absolute Gasteiger partial charge is 0.378 e. The van der Waals surface area contributed by atoms with Crippen LogP contribution in [0.2, 0.25) is 0 Å². The second-order valence-corrected chi connectivity index (χ2v) is 5.14. The first-order valence-corrected chi connectivity index (χ1v) is 6.97. The number of likely N-dealkylation sites (tertiary alicyclic amines) is 1. The van der Waals surface area contributed by atoms with Crippen molar-refractivity contribution in [3.05, 3.63) is 11.8 Å². The lowest BCUT2D eigenvalue weighted by Gasteiger charge is -2.33. The van der Waals surface area contributed by atoms with Crippen molar-refractivity contribution in [3.63, 3.8) is 0 Å². The minimum atomic E-state index is -0.163. The van der Waals surface area contributed by atoms with Crippen LogP contribution in [-0.2, 0) is 9.53 Å². The molecule has 0 aromatic heterocycles. The van der Waals surface area contributed by atoms with Crippen LogP contribution >= 0.6 is 0 Å². The van der Waals surface area contributed by atoms with E-state index in [0.717, 1.165) is 19.4 Å². The summed E-state index contributed by atoms with van der Waals surface area (Å²) in [6, 6.07) is 2.47. The summed E-state index contributed by atoms with van der Waals surface area (Å²) in [6.07, 6.45) is 5.23. The Morgan fingerprint density at radius 3 is 2.68 bits per heavy atom. The highest BCUT2D eigenvalue weighted by Gasteiger charge is 2.23. The lowest BCUT2D eigenvalue weighted by atomic mass is 10.0. The molecule has 0 aromatic rings. The van der Waals surface area contributed by atoms with Gasteiger partial charge in [-0.2, -0.15) is 5.26 Å². The fraction of sp³-hybridized carbons (Fsp3) is 0.714. The highest BCUT2D eigenvalue weighted by atomic mass is 16.5. The molecule has 0 radical (unpaired) electrons. The lowest BCUT2D eigenvalue weighted by molar-refractivity contribution is -0.130. The Kier molecular flexibility index (Phi) is 4.80. The maximum absolute atomic E-state index is 12.3. The second-order valence-electron chi connectivity index (χ2n) is 5.14. The van der Waals surface area contributed by atoms with Crippen molar-refractivity contribution in [3.8, 4) is 6.07 Å². The van der Waals surface area contributed by atoms with Crippen molar-refractivity contribution in [2.45, 2.75) is 32.2 Å². The minimum absolute atomic E-state index is 0.163. The number of carbonyl (C=O) groups is 1. The lowest BCUT2D eigenvalue weighted by Crippen LogP contribution is -2.42. The smallest absolute Gasteiger partial charge is 0.266 e. The monoisotopic (exact) mass is 263 g/mol. The quantitative estimate of drug-likeness (QED) is 0.553. The summed E-state index contributed by atoms with van der Waals surface area (Å²) < 4.78 is 5.22. The molecule has 0 aromatic carbocycles. The third-order valence-corrected chi connectivity index (χ3v) is 3.80. The van der Waals surface area contributed by atoms with Gasteiger partial charge in [-0.1, -0.05) is 0 Å². The predicted octanol–water partition coefficient (Wildman–Crippen LogP) is 1.13. The molecular formula is C14H21N3O2. The van der Waals surface area contributed by atoms with E-state index in [4.69, 9.17) is 4.74 Å². The highest BCUT2D eigenvalue weighted by Crippen LogP contribution is 2.18. The third kappa shape index (κ3) is 3.48. The Labute approximate surface area is 114 Å². The zero-order valence-electron chi connectivity index (χ0n) is 11.5. The van der Waals surface area contributed by atoms with Gasteiger partial charge in [0.1, 0.15) is 11.6 Å². The Balaban J connectivity index is 2.05. The molecule has 0 saturated carbocycles. The average molecular weight is 263 g/mol. The number of piperidine rings is 1. The molecule has 1 unspecified atom stereocenters. The van der Waals surface area contributed by atoms with E-state index >= 15 is 0 Å². The van der Waals surface area contributed by atoms with Gasteiger partial charge in [-0.05, 0) is 26.2 Å². The van der Waals surface area contributed by atoms with Crippen molar-refractivity contribution in [2.24, 2.45) is 0 Å². The number of carbonyl (C=O) groups excluding carboxylic acids is 1. The van der Waals surface area contributed by atoms with Gasteiger partial charge in [0, 0.05) is 31.9 Å². The van der Waals surface area contributed by atoms with E-state index in [0.29, 0.717) is 32.3 Å². The molecule has 0 spiro atoms. The molecule has 0 aliphatic carbocycles. The molecule has 5 nitrogen and oxygen atoms in total. The van der Waals surface area contributed by atoms with Crippen LogP contribution in [0, 0.1) is 11.3 Å². The Morgan fingerprint density at radius 2 is 2.05 bits per heavy atom. The van der Waals surface area contributed by atoms with Gasteiger partial charge in [0.15, 0.2) is 0 Å². The molecule has 2 saturated heterocycles. The average Bonchev–Trinajstić information content (AvgIpc) is 2.47. The highest BCUT2D eigenvalue weighted by molar-refractivity contribution is 5.97. The van der Waals surface area contributed by atoms with Crippen molar-refractivity contribution >= 4 is 5.91 Å². The summed E-state index contributed by atoms with van der Waals surface area (Å²) in [7, 11) is 0. The van der Waals surface area contributed by atoms with Crippen molar-refractivity contribution in [1.29, 1.82) is 5.26 Å². The number of rotatable bonds is 2. The molecule has 104 valence electrons. The number of hydrogen-bond acceptors (Lipinski definition) is 4. The first-order valence-electron chi connectivity index (χ1n) is 6.97. The maximum Gasteiger partial charge on any atom is 0.266 e. The number of morpholine rings is 1. The molecule has 5 heteroatoms. The molecule has 2 fully saturated rings. The van der Waals surface area contributed by atoms with Gasteiger partial charge in [-0.3, -0.25) is 4.79 Å². The van der Waals surface area contributed by atoms with Crippen LogP contribution in [0.5, 0.6) is 0 Å². The Morgan fingerprint density at radius 1 is 1.32 bits per heavy atom. The summed E-state index contributed by atoms with van der Waals surface area (Å²) in [4.78, 5) is 16.1. The van der Waals surface area contributed by atoms with E-state index in [-0.39, 0.29) is 11.5 Å². The first-order chi connectivity index (χ1) is 9.22. The molecule has 2 aliphatic rings. The minimum Gasteiger partial charge on any atom is -0.378 e. The fourth-order valence-electron chi connectivity index (χ4n) is 2.55. The molecule has 19 heavy (non-hydrogen) atoms. The van der Waals surface area contributed by atoms with Gasteiger partial charge < -0.3 is 14.5 Å². The topological polar surface area (TPSA) is 56.6 Å². The second kappa shape index (κ2) is 6.58. The normalized spacial score (nSPS) is 25.1. The van der Waals surface area contributed by atoms with Crippen LogP contribution < -0.4 is 0 Å². The predicted molar refractivity (Wildman–Crippen MR) is 71.1 cm³/mol. The summed E-state index contributed by atoms with van der Waals surface area (Å²) in [5.74, 6) is -0.163. The molecule has 2 aliphatic heterocycles. The van der Waals surface area contributed by atoms with Crippen LogP contribution in [0.15, 0.2) is 11.8 Å². The maximum atomic E-state index is 12.3. The van der Waals surface area contributed by atoms with Crippen LogP contribution in [0.25, 0.3) is 0 Å². The summed E-state index contributed by atoms with van der Waals surface area (Å²) in [5, 5.41) is 9.22. The zero-order chi connectivity index (χ0) is 13.7. The molecule has 0 bridgehead atoms. The van der Waals surface area contributed by atoms with E-state index in [1.165, 1.54) is 6.42 Å². The van der Waals surface area contributed by atoms with Crippen molar-refractivity contribution in [2.75, 3.05) is 32.8 Å². The first kappa shape index (κ1) is 13.9. The molecule has 2 heterocycles. The number of nitrogens with zero attached hydrogens (tertiary/aromatic N) is 3. The molecule has 1 atom stereocenters. The van der Waals surface area contributed by atoms with Crippen LogP contribution in [-0.4, -0.2) is 54.6 Å². The van der Waals surface area contributed by atoms with Crippen molar-refractivity contribution in [1.82, 2.24) is 9.80 Å². The number of hydrogen-bond donors (Lipinski definition) is 0. The summed E-state index contributed by atoms with van der Waals surface area (Å²) in [5.41, 5.74) is 0.246. The fourth-order valence-corrected chi connectivity index (χ4v) is 2.55. The van der Waals surface area contributed by atoms with Crippen LogP contribution in [0.1, 0.15) is 26.2 Å². The van der Waals surface area contributed by atoms with E-state index in [1.807, 2.05) is 0 Å². The van der Waals surface area contributed by atoms with E-state index < -0.39 is 0 Å². The number of nitriles is 1. The third-order valence-electron chi connectivity index (χ3n) is 3.80. The van der Waals surface area contributed by atoms with Crippen LogP contribution in [0.3, 0.4) is 0 Å². The number of amides is 1. The SMILES string of the molecule is CC1CCCCN1/C=C(/C#N)C(=O)N1CCOCC1. The molecule has 0 N–H and O–H groups in total. The van der Waals surface area contributed by atoms with Gasteiger partial charge in [-0.15, -0.1) is 0 Å². The number of ether oxygens (including phenoxy) is 1. The Hall–Kier alpha value is -1.54. The Bertz CT molecular complexity index is 394. The molecular weight excluding hydrogens is 242 g/mol. The van der Waals surface area contributed by atoms with Crippen LogP contribution in [0.4, 0.5) is 0 Å². The molecule has 1 amide bonds. The van der Waals surface area contributed by atoms with E-state index in [9.17, 15) is 10.1 Å². The summed E-state index contributed by atoms with van der Waals surface area (Å²) in [6.45, 7) is 5.35. The van der Waals surface area contributed by atoms with Gasteiger partial charge >= 0.3 is 0 Å².